The molecule has 2 amide bonds. The van der Waals surface area contributed by atoms with Crippen LogP contribution in [-0.4, -0.2) is 36.9 Å². The number of ether oxygens (including phenoxy) is 2. The Labute approximate surface area is 118 Å². The van der Waals surface area contributed by atoms with E-state index in [1.165, 1.54) is 7.11 Å². The first-order chi connectivity index (χ1) is 9.69. The third-order valence-electron chi connectivity index (χ3n) is 3.72. The van der Waals surface area contributed by atoms with Gasteiger partial charge in [0.25, 0.3) is 0 Å². The molecule has 0 radical (unpaired) electrons. The maximum atomic E-state index is 12.2. The van der Waals surface area contributed by atoms with Gasteiger partial charge in [0.05, 0.1) is 7.11 Å². The molecular weight excluding hydrogens is 258 g/mol. The van der Waals surface area contributed by atoms with Crippen LogP contribution in [-0.2, 0) is 4.74 Å². The van der Waals surface area contributed by atoms with Gasteiger partial charge >= 0.3 is 6.03 Å². The first-order valence-corrected chi connectivity index (χ1v) is 6.85. The van der Waals surface area contributed by atoms with E-state index in [0.717, 1.165) is 19.3 Å². The van der Waals surface area contributed by atoms with E-state index in [0.29, 0.717) is 24.8 Å². The molecule has 1 saturated heterocycles. The Morgan fingerprint density at radius 2 is 2.25 bits per heavy atom. The quantitative estimate of drug-likeness (QED) is 0.886. The Balaban J connectivity index is 2.01. The Kier molecular flexibility index (Phi) is 4.79. The summed E-state index contributed by atoms with van der Waals surface area (Å²) in [5.74, 6) is 0.403. The lowest BCUT2D eigenvalue weighted by Crippen LogP contribution is -2.52. The number of pyridine rings is 1. The third-order valence-corrected chi connectivity index (χ3v) is 3.72. The van der Waals surface area contributed by atoms with Gasteiger partial charge in [0.1, 0.15) is 5.69 Å². The molecule has 0 bridgehead atoms. The smallest absolute Gasteiger partial charge is 0.319 e. The molecule has 6 heteroatoms. The highest BCUT2D eigenvalue weighted by Crippen LogP contribution is 2.25. The summed E-state index contributed by atoms with van der Waals surface area (Å²) in [4.78, 5) is 16.2. The largest absolute Gasteiger partial charge is 0.480 e. The number of carbonyl (C=O) groups is 1. The fourth-order valence-electron chi connectivity index (χ4n) is 2.37. The van der Waals surface area contributed by atoms with Gasteiger partial charge in [-0.1, -0.05) is 6.92 Å². The van der Waals surface area contributed by atoms with Crippen LogP contribution in [0.15, 0.2) is 18.3 Å². The lowest BCUT2D eigenvalue weighted by atomic mass is 9.87. The summed E-state index contributed by atoms with van der Waals surface area (Å²) < 4.78 is 10.5. The Morgan fingerprint density at radius 1 is 1.50 bits per heavy atom. The summed E-state index contributed by atoms with van der Waals surface area (Å²) in [5, 5.41) is 5.86. The van der Waals surface area contributed by atoms with Gasteiger partial charge in [0, 0.05) is 24.9 Å². The lowest BCUT2D eigenvalue weighted by molar-refractivity contribution is 0.0416. The number of hydrogen-bond acceptors (Lipinski definition) is 4. The number of methoxy groups -OCH3 is 1. The summed E-state index contributed by atoms with van der Waals surface area (Å²) in [6.07, 6.45) is 4.17. The number of rotatable bonds is 4. The molecule has 2 N–H and O–H groups in total. The normalized spacial score (nSPS) is 17.3. The van der Waals surface area contributed by atoms with Crippen molar-refractivity contribution in [2.45, 2.75) is 31.7 Å². The van der Waals surface area contributed by atoms with Gasteiger partial charge in [-0.05, 0) is 31.4 Å². The van der Waals surface area contributed by atoms with E-state index in [-0.39, 0.29) is 11.6 Å². The Morgan fingerprint density at radius 3 is 2.90 bits per heavy atom. The zero-order valence-corrected chi connectivity index (χ0v) is 11.9. The van der Waals surface area contributed by atoms with Crippen molar-refractivity contribution in [3.05, 3.63) is 18.3 Å². The number of anilines is 1. The first-order valence-electron chi connectivity index (χ1n) is 6.85. The maximum absolute atomic E-state index is 12.2. The van der Waals surface area contributed by atoms with Crippen molar-refractivity contribution in [1.82, 2.24) is 10.3 Å². The molecule has 0 atom stereocenters. The first kappa shape index (κ1) is 14.6. The summed E-state index contributed by atoms with van der Waals surface area (Å²) >= 11 is 0. The molecule has 1 aromatic heterocycles. The molecule has 110 valence electrons. The van der Waals surface area contributed by atoms with Gasteiger partial charge in [0.2, 0.25) is 5.88 Å². The van der Waals surface area contributed by atoms with E-state index in [9.17, 15) is 4.79 Å². The molecule has 1 fully saturated rings. The van der Waals surface area contributed by atoms with Crippen LogP contribution in [0, 0.1) is 0 Å². The van der Waals surface area contributed by atoms with Gasteiger partial charge in [-0.15, -0.1) is 0 Å². The van der Waals surface area contributed by atoms with Crippen LogP contribution in [0.5, 0.6) is 5.88 Å². The number of aromatic nitrogens is 1. The minimum atomic E-state index is -0.236. The molecule has 0 aliphatic carbocycles. The fraction of sp³-hybridized carbons (Fsp3) is 0.571. The van der Waals surface area contributed by atoms with Crippen LogP contribution >= 0.6 is 0 Å². The molecule has 1 aliphatic rings. The average molecular weight is 279 g/mol. The summed E-state index contributed by atoms with van der Waals surface area (Å²) in [6, 6.07) is 3.27. The highest BCUT2D eigenvalue weighted by Gasteiger charge is 2.32. The number of amides is 2. The fourth-order valence-corrected chi connectivity index (χ4v) is 2.37. The molecule has 2 heterocycles. The number of nitrogens with one attached hydrogen (secondary N) is 2. The van der Waals surface area contributed by atoms with Gasteiger partial charge in [0.15, 0.2) is 0 Å². The molecule has 20 heavy (non-hydrogen) atoms. The van der Waals surface area contributed by atoms with E-state index in [1.54, 1.807) is 18.3 Å². The van der Waals surface area contributed by atoms with Gasteiger partial charge in [-0.3, -0.25) is 0 Å². The summed E-state index contributed by atoms with van der Waals surface area (Å²) in [6.45, 7) is 3.45. The summed E-state index contributed by atoms with van der Waals surface area (Å²) in [7, 11) is 1.53. The van der Waals surface area contributed by atoms with Gasteiger partial charge < -0.3 is 20.1 Å². The Hall–Kier alpha value is -1.82. The van der Waals surface area contributed by atoms with E-state index < -0.39 is 0 Å². The van der Waals surface area contributed by atoms with Crippen molar-refractivity contribution < 1.29 is 14.3 Å². The number of urea groups is 1. The molecular formula is C14H21N3O3. The second-order valence-electron chi connectivity index (χ2n) is 4.89. The van der Waals surface area contributed by atoms with Crippen molar-refractivity contribution >= 4 is 11.7 Å². The van der Waals surface area contributed by atoms with Gasteiger partial charge in [-0.2, -0.15) is 0 Å². The molecule has 0 unspecified atom stereocenters. The minimum absolute atomic E-state index is 0.183. The van der Waals surface area contributed by atoms with Crippen molar-refractivity contribution in [3.63, 3.8) is 0 Å². The van der Waals surface area contributed by atoms with Gasteiger partial charge in [-0.25, -0.2) is 9.78 Å². The molecule has 6 nitrogen and oxygen atoms in total. The summed E-state index contributed by atoms with van der Waals surface area (Å²) in [5.41, 5.74) is 0.378. The van der Waals surface area contributed by atoms with Crippen molar-refractivity contribution in [2.75, 3.05) is 25.6 Å². The van der Waals surface area contributed by atoms with Crippen molar-refractivity contribution in [2.24, 2.45) is 0 Å². The van der Waals surface area contributed by atoms with Crippen LogP contribution in [0.1, 0.15) is 26.2 Å². The number of nitrogens with zero attached hydrogens (tertiary/aromatic N) is 1. The topological polar surface area (TPSA) is 72.5 Å². The van der Waals surface area contributed by atoms with Crippen LogP contribution in [0.2, 0.25) is 0 Å². The highest BCUT2D eigenvalue weighted by atomic mass is 16.5. The van der Waals surface area contributed by atoms with E-state index in [4.69, 9.17) is 9.47 Å². The van der Waals surface area contributed by atoms with E-state index >= 15 is 0 Å². The van der Waals surface area contributed by atoms with Crippen LogP contribution < -0.4 is 15.4 Å². The Bertz CT molecular complexity index is 459. The SMILES string of the molecule is CCC1(NC(=O)Nc2cccnc2OC)CCOCC1. The molecule has 2 rings (SSSR count). The molecule has 0 aromatic carbocycles. The second-order valence-corrected chi connectivity index (χ2v) is 4.89. The zero-order chi connectivity index (χ0) is 14.4. The maximum Gasteiger partial charge on any atom is 0.319 e. The molecule has 0 spiro atoms. The van der Waals surface area contributed by atoms with Crippen molar-refractivity contribution in [1.29, 1.82) is 0 Å². The standard InChI is InChI=1S/C14H21N3O3/c1-3-14(6-9-20-10-7-14)17-13(18)16-11-5-4-8-15-12(11)19-2/h4-5,8H,3,6-7,9-10H2,1-2H3,(H2,16,17,18). The number of hydrogen-bond donors (Lipinski definition) is 2. The van der Waals surface area contributed by atoms with Crippen molar-refractivity contribution in [3.8, 4) is 5.88 Å². The minimum Gasteiger partial charge on any atom is -0.480 e. The monoisotopic (exact) mass is 279 g/mol. The van der Waals surface area contributed by atoms with Crippen LogP contribution in [0.4, 0.5) is 10.5 Å². The van der Waals surface area contributed by atoms with E-state index in [2.05, 4.69) is 22.5 Å². The highest BCUT2D eigenvalue weighted by molar-refractivity contribution is 5.91. The second kappa shape index (κ2) is 6.56. The molecule has 1 aliphatic heterocycles. The lowest BCUT2D eigenvalue weighted by Gasteiger charge is -2.37. The zero-order valence-electron chi connectivity index (χ0n) is 11.9. The molecule has 0 saturated carbocycles. The molecule has 1 aromatic rings. The number of carbonyl (C=O) groups excluding carboxylic acids is 1. The predicted molar refractivity (Wildman–Crippen MR) is 76.0 cm³/mol. The van der Waals surface area contributed by atoms with Crippen LogP contribution in [0.25, 0.3) is 0 Å². The third kappa shape index (κ3) is 3.39. The van der Waals surface area contributed by atoms with E-state index in [1.807, 2.05) is 0 Å². The predicted octanol–water partition coefficient (Wildman–Crippen LogP) is 2.17. The average Bonchev–Trinajstić information content (AvgIpc) is 2.48. The van der Waals surface area contributed by atoms with Crippen LogP contribution in [0.3, 0.4) is 0 Å².